The van der Waals surface area contributed by atoms with E-state index in [1.807, 2.05) is 19.9 Å². The minimum absolute atomic E-state index is 0.0471. The van der Waals surface area contributed by atoms with Crippen molar-refractivity contribution in [1.29, 1.82) is 5.26 Å². The molecule has 0 fully saturated rings. The SMILES string of the molecule is Cc1noc(C)c1CSc1ncccc1C(=O)NCCNc1cccc(F)c1C#N. The number of amides is 1. The lowest BCUT2D eigenvalue weighted by Crippen LogP contribution is -2.29. The third kappa shape index (κ3) is 4.96. The number of hydrogen-bond donors (Lipinski definition) is 2. The van der Waals surface area contributed by atoms with Crippen LogP contribution in [0.3, 0.4) is 0 Å². The number of halogens is 1. The molecule has 2 N–H and O–H groups in total. The van der Waals surface area contributed by atoms with Gasteiger partial charge in [0, 0.05) is 30.6 Å². The number of nitrogens with zero attached hydrogens (tertiary/aromatic N) is 3. The molecule has 9 heteroatoms. The van der Waals surface area contributed by atoms with E-state index in [2.05, 4.69) is 20.8 Å². The van der Waals surface area contributed by atoms with Gasteiger partial charge in [-0.25, -0.2) is 9.37 Å². The van der Waals surface area contributed by atoms with E-state index in [-0.39, 0.29) is 11.5 Å². The Hall–Kier alpha value is -3.38. The third-order valence-electron chi connectivity index (χ3n) is 4.40. The molecule has 2 aromatic heterocycles. The lowest BCUT2D eigenvalue weighted by Gasteiger charge is -2.11. The zero-order valence-electron chi connectivity index (χ0n) is 16.5. The van der Waals surface area contributed by atoms with Crippen molar-refractivity contribution >= 4 is 23.4 Å². The molecule has 0 saturated heterocycles. The van der Waals surface area contributed by atoms with Gasteiger partial charge in [0.25, 0.3) is 5.91 Å². The molecule has 0 aliphatic heterocycles. The van der Waals surface area contributed by atoms with Crippen LogP contribution in [0.1, 0.15) is 32.9 Å². The Bertz CT molecular complexity index is 1070. The predicted octanol–water partition coefficient (Wildman–Crippen LogP) is 3.83. The minimum Gasteiger partial charge on any atom is -0.382 e. The Balaban J connectivity index is 1.57. The molecule has 0 bridgehead atoms. The Labute approximate surface area is 177 Å². The number of aryl methyl sites for hydroxylation is 2. The highest BCUT2D eigenvalue weighted by Gasteiger charge is 2.15. The smallest absolute Gasteiger partial charge is 0.254 e. The van der Waals surface area contributed by atoms with Crippen LogP contribution in [0.4, 0.5) is 10.1 Å². The highest BCUT2D eigenvalue weighted by atomic mass is 32.2. The van der Waals surface area contributed by atoms with E-state index < -0.39 is 5.82 Å². The Morgan fingerprint density at radius 3 is 2.83 bits per heavy atom. The summed E-state index contributed by atoms with van der Waals surface area (Å²) in [6.07, 6.45) is 1.64. The van der Waals surface area contributed by atoms with Gasteiger partial charge in [0.2, 0.25) is 0 Å². The van der Waals surface area contributed by atoms with E-state index in [4.69, 9.17) is 9.78 Å². The van der Waals surface area contributed by atoms with E-state index in [1.54, 1.807) is 24.4 Å². The number of nitriles is 1. The van der Waals surface area contributed by atoms with Crippen molar-refractivity contribution in [2.24, 2.45) is 0 Å². The zero-order valence-corrected chi connectivity index (χ0v) is 17.3. The molecular weight excluding hydrogens is 405 g/mol. The van der Waals surface area contributed by atoms with Crippen molar-refractivity contribution in [3.8, 4) is 6.07 Å². The molecule has 7 nitrogen and oxygen atoms in total. The van der Waals surface area contributed by atoms with Gasteiger partial charge in [-0.05, 0) is 38.1 Å². The van der Waals surface area contributed by atoms with Crippen molar-refractivity contribution in [3.63, 3.8) is 0 Å². The van der Waals surface area contributed by atoms with Crippen LogP contribution < -0.4 is 10.6 Å². The maximum atomic E-state index is 13.6. The van der Waals surface area contributed by atoms with Crippen molar-refractivity contribution < 1.29 is 13.7 Å². The van der Waals surface area contributed by atoms with Crippen LogP contribution in [-0.4, -0.2) is 29.1 Å². The maximum absolute atomic E-state index is 13.6. The summed E-state index contributed by atoms with van der Waals surface area (Å²) < 4.78 is 18.8. The monoisotopic (exact) mass is 425 g/mol. The van der Waals surface area contributed by atoms with Gasteiger partial charge >= 0.3 is 0 Å². The van der Waals surface area contributed by atoms with Crippen molar-refractivity contribution in [3.05, 3.63) is 70.5 Å². The number of pyridine rings is 1. The maximum Gasteiger partial charge on any atom is 0.254 e. The first-order chi connectivity index (χ1) is 14.5. The van der Waals surface area contributed by atoms with Gasteiger partial charge in [-0.3, -0.25) is 4.79 Å². The number of aromatic nitrogens is 2. The van der Waals surface area contributed by atoms with Gasteiger partial charge < -0.3 is 15.2 Å². The highest BCUT2D eigenvalue weighted by Crippen LogP contribution is 2.27. The average molecular weight is 425 g/mol. The van der Waals surface area contributed by atoms with E-state index >= 15 is 0 Å². The summed E-state index contributed by atoms with van der Waals surface area (Å²) in [7, 11) is 0. The van der Waals surface area contributed by atoms with Crippen molar-refractivity contribution in [1.82, 2.24) is 15.5 Å². The lowest BCUT2D eigenvalue weighted by atomic mass is 10.2. The summed E-state index contributed by atoms with van der Waals surface area (Å²) in [4.78, 5) is 16.9. The fourth-order valence-corrected chi connectivity index (χ4v) is 3.93. The molecule has 1 amide bonds. The van der Waals surface area contributed by atoms with E-state index in [1.165, 1.54) is 23.9 Å². The van der Waals surface area contributed by atoms with Crippen molar-refractivity contribution in [2.45, 2.75) is 24.6 Å². The number of carbonyl (C=O) groups is 1. The second-order valence-corrected chi connectivity index (χ2v) is 7.37. The summed E-state index contributed by atoms with van der Waals surface area (Å²) >= 11 is 1.44. The van der Waals surface area contributed by atoms with Gasteiger partial charge in [0.05, 0.1) is 16.9 Å². The van der Waals surface area contributed by atoms with Gasteiger partial charge in [-0.15, -0.1) is 11.8 Å². The third-order valence-corrected chi connectivity index (χ3v) is 5.43. The molecule has 0 aliphatic rings. The number of thioether (sulfide) groups is 1. The average Bonchev–Trinajstić information content (AvgIpc) is 3.07. The Morgan fingerprint density at radius 1 is 1.27 bits per heavy atom. The molecule has 0 unspecified atom stereocenters. The molecule has 30 heavy (non-hydrogen) atoms. The summed E-state index contributed by atoms with van der Waals surface area (Å²) in [5, 5.41) is 19.4. The number of hydrogen-bond acceptors (Lipinski definition) is 7. The number of carbonyl (C=O) groups excluding carboxylic acids is 1. The van der Waals surface area contributed by atoms with Crippen LogP contribution in [-0.2, 0) is 5.75 Å². The van der Waals surface area contributed by atoms with E-state index in [0.29, 0.717) is 35.1 Å². The molecule has 154 valence electrons. The van der Waals surface area contributed by atoms with Crippen LogP contribution in [0.15, 0.2) is 46.1 Å². The fraction of sp³-hybridized carbons (Fsp3) is 0.238. The molecule has 0 radical (unpaired) electrons. The van der Waals surface area contributed by atoms with Crippen LogP contribution in [0.25, 0.3) is 0 Å². The fourth-order valence-electron chi connectivity index (χ4n) is 2.78. The van der Waals surface area contributed by atoms with Gasteiger partial charge in [-0.1, -0.05) is 11.2 Å². The van der Waals surface area contributed by atoms with E-state index in [9.17, 15) is 9.18 Å². The topological polar surface area (TPSA) is 104 Å². The number of nitrogens with one attached hydrogen (secondary N) is 2. The standard InChI is InChI=1S/C21H20FN5O2S/c1-13-17(14(2)29-27-13)12-30-21-15(5-4-8-26-21)20(28)25-10-9-24-19-7-3-6-18(22)16(19)11-23/h3-8,24H,9-10,12H2,1-2H3,(H,25,28). The molecular formula is C21H20FN5O2S. The van der Waals surface area contributed by atoms with Crippen LogP contribution >= 0.6 is 11.8 Å². The first kappa shape index (κ1) is 21.3. The number of rotatable bonds is 8. The van der Waals surface area contributed by atoms with Crippen LogP contribution in [0.2, 0.25) is 0 Å². The molecule has 0 aliphatic carbocycles. The van der Waals surface area contributed by atoms with Gasteiger partial charge in [0.1, 0.15) is 28.2 Å². The summed E-state index contributed by atoms with van der Waals surface area (Å²) in [5.74, 6) is 0.506. The van der Waals surface area contributed by atoms with E-state index in [0.717, 1.165) is 17.0 Å². The summed E-state index contributed by atoms with van der Waals surface area (Å²) in [5.41, 5.74) is 2.63. The van der Waals surface area contributed by atoms with Crippen LogP contribution in [0, 0.1) is 31.0 Å². The molecule has 1 aromatic carbocycles. The van der Waals surface area contributed by atoms with Crippen molar-refractivity contribution in [2.75, 3.05) is 18.4 Å². The van der Waals surface area contributed by atoms with Crippen LogP contribution in [0.5, 0.6) is 0 Å². The molecule has 0 atom stereocenters. The largest absolute Gasteiger partial charge is 0.382 e. The molecule has 3 rings (SSSR count). The second kappa shape index (κ2) is 9.89. The van der Waals surface area contributed by atoms with Gasteiger partial charge in [-0.2, -0.15) is 5.26 Å². The normalized spacial score (nSPS) is 10.5. The summed E-state index contributed by atoms with van der Waals surface area (Å²) in [6, 6.07) is 9.63. The lowest BCUT2D eigenvalue weighted by molar-refractivity contribution is 0.0951. The predicted molar refractivity (Wildman–Crippen MR) is 112 cm³/mol. The molecule has 0 saturated carbocycles. The first-order valence-electron chi connectivity index (χ1n) is 9.21. The molecule has 3 aromatic rings. The second-order valence-electron chi connectivity index (χ2n) is 6.40. The molecule has 0 spiro atoms. The quantitative estimate of drug-likeness (QED) is 0.417. The summed E-state index contributed by atoms with van der Waals surface area (Å²) in [6.45, 7) is 4.36. The Morgan fingerprint density at radius 2 is 2.10 bits per heavy atom. The zero-order chi connectivity index (χ0) is 21.5. The van der Waals surface area contributed by atoms with Gasteiger partial charge in [0.15, 0.2) is 0 Å². The highest BCUT2D eigenvalue weighted by molar-refractivity contribution is 7.98. The molecule has 2 heterocycles. The Kier molecular flexibility index (Phi) is 7.03. The number of benzene rings is 1. The number of anilines is 1. The first-order valence-corrected chi connectivity index (χ1v) is 10.2. The minimum atomic E-state index is -0.582.